The summed E-state index contributed by atoms with van der Waals surface area (Å²) in [5.74, 6) is 1.18. The van der Waals surface area contributed by atoms with Gasteiger partial charge in [-0.25, -0.2) is 9.97 Å². The Hall–Kier alpha value is -2.87. The molecule has 7 nitrogen and oxygen atoms in total. The van der Waals surface area contributed by atoms with Gasteiger partial charge in [0.2, 0.25) is 12.7 Å². The molecule has 1 aliphatic rings. The Morgan fingerprint density at radius 1 is 1.36 bits per heavy atom. The fraction of sp³-hybridized carbons (Fsp3) is 0.235. The lowest BCUT2D eigenvalue weighted by molar-refractivity contribution is -0.116. The molecule has 0 aliphatic carbocycles. The third-order valence-electron chi connectivity index (χ3n) is 3.75. The number of imidazole rings is 1. The standard InChI is InChI=1S/C17H16N4O3S/c1-2-11-8-25-17(20-11)13-6-21(9-18-13)7-16(22)19-12-3-4-14-15(5-12)24-10-23-14/h3-6,8-9H,2,7,10H2,1H3,(H,19,22). The van der Waals surface area contributed by atoms with Gasteiger partial charge >= 0.3 is 0 Å². The van der Waals surface area contributed by atoms with Gasteiger partial charge in [-0.2, -0.15) is 0 Å². The quantitative estimate of drug-likeness (QED) is 0.760. The molecule has 3 heterocycles. The molecule has 1 N–H and O–H groups in total. The normalized spacial score (nSPS) is 12.4. The van der Waals surface area contributed by atoms with Crippen LogP contribution in [-0.4, -0.2) is 27.2 Å². The van der Waals surface area contributed by atoms with Crippen molar-refractivity contribution in [3.63, 3.8) is 0 Å². The smallest absolute Gasteiger partial charge is 0.244 e. The first-order valence-electron chi connectivity index (χ1n) is 7.87. The first-order chi connectivity index (χ1) is 12.2. The van der Waals surface area contributed by atoms with Crippen molar-refractivity contribution >= 4 is 22.9 Å². The van der Waals surface area contributed by atoms with E-state index in [0.717, 1.165) is 22.8 Å². The van der Waals surface area contributed by atoms with Crippen molar-refractivity contribution in [2.24, 2.45) is 0 Å². The number of benzene rings is 1. The van der Waals surface area contributed by atoms with Crippen LogP contribution in [-0.2, 0) is 17.8 Å². The second-order valence-electron chi connectivity index (χ2n) is 5.55. The number of fused-ring (bicyclic) bond motifs is 1. The zero-order chi connectivity index (χ0) is 17.2. The topological polar surface area (TPSA) is 78.3 Å². The van der Waals surface area contributed by atoms with E-state index < -0.39 is 0 Å². The van der Waals surface area contributed by atoms with Gasteiger partial charge < -0.3 is 19.4 Å². The van der Waals surface area contributed by atoms with Crippen LogP contribution in [0.15, 0.2) is 36.1 Å². The largest absolute Gasteiger partial charge is 0.454 e. The second-order valence-corrected chi connectivity index (χ2v) is 6.40. The van der Waals surface area contributed by atoms with Gasteiger partial charge in [-0.15, -0.1) is 11.3 Å². The first kappa shape index (κ1) is 15.6. The summed E-state index contributed by atoms with van der Waals surface area (Å²) in [6.07, 6.45) is 4.37. The summed E-state index contributed by atoms with van der Waals surface area (Å²) in [6.45, 7) is 2.45. The minimum Gasteiger partial charge on any atom is -0.454 e. The molecule has 0 unspecified atom stereocenters. The van der Waals surface area contributed by atoms with Crippen LogP contribution in [0, 0.1) is 0 Å². The van der Waals surface area contributed by atoms with Crippen LogP contribution in [0.4, 0.5) is 5.69 Å². The third-order valence-corrected chi connectivity index (χ3v) is 4.66. The van der Waals surface area contributed by atoms with Gasteiger partial charge in [-0.1, -0.05) is 6.92 Å². The Balaban J connectivity index is 1.41. The summed E-state index contributed by atoms with van der Waals surface area (Å²) in [5, 5.41) is 5.74. The number of hydrogen-bond donors (Lipinski definition) is 1. The van der Waals surface area contributed by atoms with E-state index in [4.69, 9.17) is 9.47 Å². The number of carbonyl (C=O) groups excluding carboxylic acids is 1. The molecule has 0 saturated heterocycles. The van der Waals surface area contributed by atoms with E-state index in [1.54, 1.807) is 40.4 Å². The van der Waals surface area contributed by atoms with E-state index in [0.29, 0.717) is 17.2 Å². The van der Waals surface area contributed by atoms with Gasteiger partial charge in [0.15, 0.2) is 11.5 Å². The monoisotopic (exact) mass is 356 g/mol. The summed E-state index contributed by atoms with van der Waals surface area (Å²) < 4.78 is 12.3. The number of aromatic nitrogens is 3. The molecule has 0 fully saturated rings. The highest BCUT2D eigenvalue weighted by Crippen LogP contribution is 2.34. The Morgan fingerprint density at radius 2 is 2.24 bits per heavy atom. The molecule has 128 valence electrons. The number of ether oxygens (including phenoxy) is 2. The van der Waals surface area contributed by atoms with Crippen molar-refractivity contribution in [3.8, 4) is 22.2 Å². The molecule has 1 amide bonds. The highest BCUT2D eigenvalue weighted by Gasteiger charge is 2.14. The van der Waals surface area contributed by atoms with Crippen LogP contribution in [0.25, 0.3) is 10.7 Å². The van der Waals surface area contributed by atoms with Crippen molar-refractivity contribution in [1.29, 1.82) is 0 Å². The molecule has 0 bridgehead atoms. The molecule has 8 heteroatoms. The number of aryl methyl sites for hydroxylation is 1. The van der Waals surface area contributed by atoms with Gasteiger partial charge in [0, 0.05) is 23.3 Å². The van der Waals surface area contributed by atoms with Crippen LogP contribution in [0.1, 0.15) is 12.6 Å². The van der Waals surface area contributed by atoms with Crippen molar-refractivity contribution in [2.75, 3.05) is 12.1 Å². The summed E-state index contributed by atoms with van der Waals surface area (Å²) in [7, 11) is 0. The van der Waals surface area contributed by atoms with Gasteiger partial charge in [-0.3, -0.25) is 4.79 Å². The van der Waals surface area contributed by atoms with E-state index in [1.165, 1.54) is 0 Å². The molecule has 0 saturated carbocycles. The van der Waals surface area contributed by atoms with E-state index >= 15 is 0 Å². The number of nitrogens with zero attached hydrogens (tertiary/aromatic N) is 3. The number of amides is 1. The van der Waals surface area contributed by atoms with Crippen LogP contribution in [0.3, 0.4) is 0 Å². The third kappa shape index (κ3) is 3.34. The summed E-state index contributed by atoms with van der Waals surface area (Å²) >= 11 is 1.56. The Morgan fingerprint density at radius 3 is 3.08 bits per heavy atom. The molecule has 0 spiro atoms. The SMILES string of the molecule is CCc1csc(-c2cn(CC(=O)Nc3ccc4c(c3)OCO4)cn2)n1. The van der Waals surface area contributed by atoms with Gasteiger partial charge in [0.1, 0.15) is 17.2 Å². The minimum absolute atomic E-state index is 0.142. The van der Waals surface area contributed by atoms with Crippen LogP contribution >= 0.6 is 11.3 Å². The van der Waals surface area contributed by atoms with Crippen molar-refractivity contribution in [3.05, 3.63) is 41.8 Å². The maximum atomic E-state index is 12.2. The first-order valence-corrected chi connectivity index (χ1v) is 8.75. The van der Waals surface area contributed by atoms with Crippen molar-refractivity contribution in [1.82, 2.24) is 14.5 Å². The number of anilines is 1. The summed E-state index contributed by atoms with van der Waals surface area (Å²) in [6, 6.07) is 5.31. The molecular weight excluding hydrogens is 340 g/mol. The Kier molecular flexibility index (Phi) is 4.10. The molecule has 1 aliphatic heterocycles. The summed E-state index contributed by atoms with van der Waals surface area (Å²) in [4.78, 5) is 21.1. The average molecular weight is 356 g/mol. The molecule has 0 atom stereocenters. The Bertz CT molecular complexity index is 918. The van der Waals surface area contributed by atoms with Crippen LogP contribution < -0.4 is 14.8 Å². The van der Waals surface area contributed by atoms with Crippen LogP contribution in [0.5, 0.6) is 11.5 Å². The van der Waals surface area contributed by atoms with E-state index in [1.807, 2.05) is 11.6 Å². The molecule has 4 rings (SSSR count). The number of nitrogens with one attached hydrogen (secondary N) is 1. The number of thiazole rings is 1. The maximum Gasteiger partial charge on any atom is 0.244 e. The van der Waals surface area contributed by atoms with Gasteiger partial charge in [0.25, 0.3) is 0 Å². The molecule has 25 heavy (non-hydrogen) atoms. The van der Waals surface area contributed by atoms with E-state index in [-0.39, 0.29) is 19.2 Å². The van der Waals surface area contributed by atoms with Gasteiger partial charge in [0.05, 0.1) is 12.0 Å². The number of hydrogen-bond acceptors (Lipinski definition) is 6. The highest BCUT2D eigenvalue weighted by atomic mass is 32.1. The fourth-order valence-electron chi connectivity index (χ4n) is 2.48. The zero-order valence-corrected chi connectivity index (χ0v) is 14.4. The van der Waals surface area contributed by atoms with E-state index in [2.05, 4.69) is 22.2 Å². The molecule has 3 aromatic rings. The predicted molar refractivity (Wildman–Crippen MR) is 93.9 cm³/mol. The number of rotatable bonds is 5. The summed E-state index contributed by atoms with van der Waals surface area (Å²) in [5.41, 5.74) is 2.50. The molecule has 0 radical (unpaired) electrons. The molecular formula is C17H16N4O3S. The lowest BCUT2D eigenvalue weighted by atomic mass is 10.3. The van der Waals surface area contributed by atoms with Crippen molar-refractivity contribution < 1.29 is 14.3 Å². The lowest BCUT2D eigenvalue weighted by Crippen LogP contribution is -2.17. The second kappa shape index (κ2) is 6.56. The Labute approximate surface area is 148 Å². The number of carbonyl (C=O) groups is 1. The fourth-order valence-corrected chi connectivity index (χ4v) is 3.35. The van der Waals surface area contributed by atoms with Crippen LogP contribution in [0.2, 0.25) is 0 Å². The maximum absolute atomic E-state index is 12.2. The predicted octanol–water partition coefficient (Wildman–Crippen LogP) is 2.94. The highest BCUT2D eigenvalue weighted by molar-refractivity contribution is 7.13. The minimum atomic E-state index is -0.142. The average Bonchev–Trinajstić information content (AvgIpc) is 3.34. The van der Waals surface area contributed by atoms with Gasteiger partial charge in [-0.05, 0) is 18.6 Å². The molecule has 1 aromatic carbocycles. The molecule has 2 aromatic heterocycles. The van der Waals surface area contributed by atoms with Crippen molar-refractivity contribution in [2.45, 2.75) is 19.9 Å². The lowest BCUT2D eigenvalue weighted by Gasteiger charge is -2.06. The van der Waals surface area contributed by atoms with E-state index in [9.17, 15) is 4.79 Å². The zero-order valence-electron chi connectivity index (χ0n) is 13.6.